The number of rotatable bonds is 4. The lowest BCUT2D eigenvalue weighted by atomic mass is 10.1. The van der Waals surface area contributed by atoms with E-state index in [0.717, 1.165) is 38.7 Å². The Labute approximate surface area is 184 Å². The predicted molar refractivity (Wildman–Crippen MR) is 118 cm³/mol. The highest BCUT2D eigenvalue weighted by Crippen LogP contribution is 2.35. The van der Waals surface area contributed by atoms with E-state index in [1.807, 2.05) is 43.9 Å². The molecule has 2 aliphatic rings. The first kappa shape index (κ1) is 20.0. The minimum Gasteiger partial charge on any atom is -0.454 e. The fourth-order valence-corrected chi connectivity index (χ4v) is 5.25. The Morgan fingerprint density at radius 3 is 2.77 bits per heavy atom. The third-order valence-corrected chi connectivity index (χ3v) is 6.71. The summed E-state index contributed by atoms with van der Waals surface area (Å²) in [6.07, 6.45) is 1.59. The number of fused-ring (bicyclic) bond motifs is 2. The molecule has 162 valence electrons. The monoisotopic (exact) mass is 440 g/mol. The molecule has 0 aliphatic carbocycles. The number of aromatic nitrogens is 2. The number of amides is 1. The van der Waals surface area contributed by atoms with Crippen LogP contribution in [0.2, 0.25) is 0 Å². The van der Waals surface area contributed by atoms with E-state index in [9.17, 15) is 4.79 Å². The zero-order valence-corrected chi connectivity index (χ0v) is 18.5. The Balaban J connectivity index is 1.40. The van der Waals surface area contributed by atoms with Crippen LogP contribution in [0.5, 0.6) is 11.5 Å². The third-order valence-electron chi connectivity index (χ3n) is 5.52. The molecule has 2 aromatic heterocycles. The van der Waals surface area contributed by atoms with Crippen molar-refractivity contribution < 1.29 is 19.0 Å². The SMILES string of the molecule is Cc1c(C(=O)N2C[C@@H](C)O[C@@H](C)C2)sc2ncnc(NCc3ccc4c(c3)OCO4)c12. The molecule has 1 fully saturated rings. The van der Waals surface area contributed by atoms with Crippen LogP contribution in [0.4, 0.5) is 5.82 Å². The number of nitrogens with zero attached hydrogens (tertiary/aromatic N) is 3. The maximum absolute atomic E-state index is 13.3. The van der Waals surface area contributed by atoms with Crippen LogP contribution >= 0.6 is 11.3 Å². The van der Waals surface area contributed by atoms with Gasteiger partial charge >= 0.3 is 0 Å². The molecule has 9 heteroatoms. The molecular formula is C22H24N4O4S. The van der Waals surface area contributed by atoms with Gasteiger partial charge in [0.2, 0.25) is 6.79 Å². The Hall–Kier alpha value is -2.91. The molecule has 0 radical (unpaired) electrons. The van der Waals surface area contributed by atoms with Crippen LogP contribution < -0.4 is 14.8 Å². The highest BCUT2D eigenvalue weighted by atomic mass is 32.1. The van der Waals surface area contributed by atoms with Crippen molar-refractivity contribution in [3.05, 3.63) is 40.5 Å². The van der Waals surface area contributed by atoms with Crippen LogP contribution in [0, 0.1) is 6.92 Å². The van der Waals surface area contributed by atoms with E-state index in [0.29, 0.717) is 24.5 Å². The number of carbonyl (C=O) groups is 1. The summed E-state index contributed by atoms with van der Waals surface area (Å²) < 4.78 is 16.6. The summed E-state index contributed by atoms with van der Waals surface area (Å²) in [5.41, 5.74) is 1.96. The second-order valence-electron chi connectivity index (χ2n) is 7.97. The molecule has 5 rings (SSSR count). The van der Waals surface area contributed by atoms with Crippen molar-refractivity contribution >= 4 is 33.3 Å². The molecule has 0 saturated carbocycles. The molecule has 1 N–H and O–H groups in total. The number of carbonyl (C=O) groups excluding carboxylic acids is 1. The first-order valence-electron chi connectivity index (χ1n) is 10.3. The molecule has 2 atom stereocenters. The number of ether oxygens (including phenoxy) is 3. The minimum absolute atomic E-state index is 0.0288. The van der Waals surface area contributed by atoms with Gasteiger partial charge in [0, 0.05) is 19.6 Å². The molecule has 8 nitrogen and oxygen atoms in total. The van der Waals surface area contributed by atoms with Crippen LogP contribution in [0.15, 0.2) is 24.5 Å². The van der Waals surface area contributed by atoms with Gasteiger partial charge in [-0.15, -0.1) is 11.3 Å². The molecule has 1 amide bonds. The summed E-state index contributed by atoms with van der Waals surface area (Å²) in [6, 6.07) is 5.87. The van der Waals surface area contributed by atoms with Crippen molar-refractivity contribution in [1.29, 1.82) is 0 Å². The van der Waals surface area contributed by atoms with E-state index in [1.165, 1.54) is 17.7 Å². The lowest BCUT2D eigenvalue weighted by Gasteiger charge is -2.35. The van der Waals surface area contributed by atoms with Crippen molar-refractivity contribution in [2.24, 2.45) is 0 Å². The number of thiophene rings is 1. The quantitative estimate of drug-likeness (QED) is 0.663. The number of hydrogen-bond donors (Lipinski definition) is 1. The van der Waals surface area contributed by atoms with Gasteiger partial charge in [0.25, 0.3) is 5.91 Å². The Bertz CT molecular complexity index is 1140. The molecule has 31 heavy (non-hydrogen) atoms. The number of benzene rings is 1. The molecule has 0 spiro atoms. The average molecular weight is 441 g/mol. The van der Waals surface area contributed by atoms with Crippen molar-refractivity contribution in [2.75, 3.05) is 25.2 Å². The van der Waals surface area contributed by atoms with Gasteiger partial charge < -0.3 is 24.4 Å². The number of anilines is 1. The van der Waals surface area contributed by atoms with Crippen LogP contribution in [0.1, 0.15) is 34.6 Å². The van der Waals surface area contributed by atoms with Crippen LogP contribution in [-0.4, -0.2) is 52.9 Å². The van der Waals surface area contributed by atoms with Gasteiger partial charge in [-0.25, -0.2) is 9.97 Å². The van der Waals surface area contributed by atoms with Crippen LogP contribution in [0.3, 0.4) is 0 Å². The number of morpholine rings is 1. The number of nitrogens with one attached hydrogen (secondary N) is 1. The van der Waals surface area contributed by atoms with Crippen LogP contribution in [0.25, 0.3) is 10.2 Å². The molecule has 3 aromatic rings. The summed E-state index contributed by atoms with van der Waals surface area (Å²) >= 11 is 1.42. The summed E-state index contributed by atoms with van der Waals surface area (Å²) in [5.74, 6) is 2.26. The largest absolute Gasteiger partial charge is 0.454 e. The van der Waals surface area contributed by atoms with Gasteiger partial charge in [-0.3, -0.25) is 4.79 Å². The molecule has 1 aromatic carbocycles. The van der Waals surface area contributed by atoms with E-state index in [1.54, 1.807) is 0 Å². The van der Waals surface area contributed by atoms with Crippen molar-refractivity contribution in [2.45, 2.75) is 39.5 Å². The van der Waals surface area contributed by atoms with Gasteiger partial charge in [-0.05, 0) is 44.0 Å². The van der Waals surface area contributed by atoms with Crippen molar-refractivity contribution in [3.63, 3.8) is 0 Å². The second-order valence-corrected chi connectivity index (χ2v) is 8.97. The highest BCUT2D eigenvalue weighted by molar-refractivity contribution is 7.20. The Morgan fingerprint density at radius 1 is 1.19 bits per heavy atom. The van der Waals surface area contributed by atoms with E-state index < -0.39 is 0 Å². The summed E-state index contributed by atoms with van der Waals surface area (Å²) in [4.78, 5) is 25.5. The van der Waals surface area contributed by atoms with Gasteiger partial charge in [0.15, 0.2) is 11.5 Å². The maximum Gasteiger partial charge on any atom is 0.264 e. The first-order valence-corrected chi connectivity index (χ1v) is 11.1. The third kappa shape index (κ3) is 3.79. The second kappa shape index (κ2) is 7.97. The fraction of sp³-hybridized carbons (Fsp3) is 0.409. The first-order chi connectivity index (χ1) is 15.0. The summed E-state index contributed by atoms with van der Waals surface area (Å²) in [7, 11) is 0. The zero-order chi connectivity index (χ0) is 21.5. The minimum atomic E-state index is 0.0288. The fourth-order valence-electron chi connectivity index (χ4n) is 4.13. The van der Waals surface area contributed by atoms with Gasteiger partial charge in [-0.1, -0.05) is 6.07 Å². The number of aryl methyl sites for hydroxylation is 1. The Morgan fingerprint density at radius 2 is 1.97 bits per heavy atom. The molecule has 0 unspecified atom stereocenters. The van der Waals surface area contributed by atoms with Gasteiger partial charge in [0.1, 0.15) is 17.0 Å². The zero-order valence-electron chi connectivity index (χ0n) is 17.7. The smallest absolute Gasteiger partial charge is 0.264 e. The molecule has 0 bridgehead atoms. The van der Waals surface area contributed by atoms with E-state index in [2.05, 4.69) is 15.3 Å². The van der Waals surface area contributed by atoms with E-state index in [4.69, 9.17) is 14.2 Å². The van der Waals surface area contributed by atoms with Gasteiger partial charge in [0.05, 0.1) is 22.5 Å². The molecular weight excluding hydrogens is 416 g/mol. The van der Waals surface area contributed by atoms with E-state index >= 15 is 0 Å². The lowest BCUT2D eigenvalue weighted by Crippen LogP contribution is -2.48. The molecule has 2 aliphatic heterocycles. The predicted octanol–water partition coefficient (Wildman–Crippen LogP) is 3.59. The van der Waals surface area contributed by atoms with Crippen molar-refractivity contribution in [1.82, 2.24) is 14.9 Å². The Kier molecular flexibility index (Phi) is 5.15. The normalized spacial score (nSPS) is 20.3. The average Bonchev–Trinajstić information content (AvgIpc) is 3.35. The molecule has 4 heterocycles. The summed E-state index contributed by atoms with van der Waals surface area (Å²) in [6.45, 7) is 7.98. The van der Waals surface area contributed by atoms with Crippen LogP contribution in [-0.2, 0) is 11.3 Å². The molecule has 1 saturated heterocycles. The standard InChI is InChI=1S/C22H24N4O4S/c1-12-8-26(9-13(2)30-12)22(27)19-14(3)18-20(24-10-25-21(18)31-19)23-7-15-4-5-16-17(6-15)29-11-28-16/h4-6,10,12-13H,7-9,11H2,1-3H3,(H,23,24,25)/t12-,13+. The highest BCUT2D eigenvalue weighted by Gasteiger charge is 2.29. The summed E-state index contributed by atoms with van der Waals surface area (Å²) in [5, 5.41) is 4.29. The van der Waals surface area contributed by atoms with E-state index in [-0.39, 0.29) is 24.9 Å². The topological polar surface area (TPSA) is 85.8 Å². The van der Waals surface area contributed by atoms with Crippen molar-refractivity contribution in [3.8, 4) is 11.5 Å². The number of hydrogen-bond acceptors (Lipinski definition) is 8. The maximum atomic E-state index is 13.3. The lowest BCUT2D eigenvalue weighted by molar-refractivity contribution is -0.0585. The van der Waals surface area contributed by atoms with Gasteiger partial charge in [-0.2, -0.15) is 0 Å².